The lowest BCUT2D eigenvalue weighted by Gasteiger charge is -2.19. The summed E-state index contributed by atoms with van der Waals surface area (Å²) in [5, 5.41) is 26.9. The Bertz CT molecular complexity index is 454. The van der Waals surface area contributed by atoms with Gasteiger partial charge in [-0.3, -0.25) is 0 Å². The first kappa shape index (κ1) is 15.6. The minimum atomic E-state index is -5.15. The molecule has 19 heavy (non-hydrogen) atoms. The summed E-state index contributed by atoms with van der Waals surface area (Å²) < 4.78 is 73.3. The van der Waals surface area contributed by atoms with Gasteiger partial charge in [-0.25, -0.2) is 0 Å². The standard InChI is InChI=1S/C10H8F6O3/c11-9(12,13)7(18)4-1-2-6(17)5(3-4)8(19)10(14,15)16/h1-3,7-8,17-19H. The lowest BCUT2D eigenvalue weighted by atomic mass is 10.0. The second-order valence-electron chi connectivity index (χ2n) is 3.71. The van der Waals surface area contributed by atoms with E-state index in [9.17, 15) is 26.3 Å². The van der Waals surface area contributed by atoms with Gasteiger partial charge in [0.15, 0.2) is 12.2 Å². The highest BCUT2D eigenvalue weighted by atomic mass is 19.4. The quantitative estimate of drug-likeness (QED) is 0.734. The smallest absolute Gasteiger partial charge is 0.418 e. The van der Waals surface area contributed by atoms with Gasteiger partial charge in [0.05, 0.1) is 0 Å². The molecule has 0 aliphatic rings. The number of hydrogen-bond acceptors (Lipinski definition) is 3. The Morgan fingerprint density at radius 3 is 1.74 bits per heavy atom. The average molecular weight is 290 g/mol. The van der Waals surface area contributed by atoms with Crippen LogP contribution in [-0.4, -0.2) is 27.7 Å². The van der Waals surface area contributed by atoms with E-state index >= 15 is 0 Å². The highest BCUT2D eigenvalue weighted by Crippen LogP contribution is 2.40. The molecule has 0 fully saturated rings. The maximum absolute atomic E-state index is 12.2. The van der Waals surface area contributed by atoms with Crippen LogP contribution in [-0.2, 0) is 0 Å². The zero-order valence-corrected chi connectivity index (χ0v) is 9.00. The molecule has 0 heterocycles. The van der Waals surface area contributed by atoms with E-state index in [1.54, 1.807) is 0 Å². The van der Waals surface area contributed by atoms with Crippen LogP contribution in [0.1, 0.15) is 23.3 Å². The summed E-state index contributed by atoms with van der Waals surface area (Å²) in [6.45, 7) is 0. The number of rotatable bonds is 2. The SMILES string of the molecule is Oc1ccc(C(O)C(F)(F)F)cc1C(O)C(F)(F)F. The molecule has 0 bridgehead atoms. The molecule has 3 nitrogen and oxygen atoms in total. The van der Waals surface area contributed by atoms with Crippen LogP contribution in [0.3, 0.4) is 0 Å². The van der Waals surface area contributed by atoms with Crippen LogP contribution in [0.15, 0.2) is 18.2 Å². The summed E-state index contributed by atoms with van der Waals surface area (Å²) >= 11 is 0. The number of aliphatic hydroxyl groups is 2. The molecule has 2 unspecified atom stereocenters. The third-order valence-electron chi connectivity index (χ3n) is 2.28. The summed E-state index contributed by atoms with van der Waals surface area (Å²) in [5.74, 6) is -1.03. The van der Waals surface area contributed by atoms with Crippen molar-refractivity contribution in [2.24, 2.45) is 0 Å². The number of hydrogen-bond donors (Lipinski definition) is 3. The van der Waals surface area contributed by atoms with Crippen LogP contribution >= 0.6 is 0 Å². The van der Waals surface area contributed by atoms with Crippen LogP contribution < -0.4 is 0 Å². The van der Waals surface area contributed by atoms with Crippen LogP contribution in [0, 0.1) is 0 Å². The van der Waals surface area contributed by atoms with Crippen LogP contribution in [0.4, 0.5) is 26.3 Å². The molecular formula is C10H8F6O3. The topological polar surface area (TPSA) is 60.7 Å². The minimum absolute atomic E-state index is 0.256. The lowest BCUT2D eigenvalue weighted by Crippen LogP contribution is -2.22. The van der Waals surface area contributed by atoms with Crippen molar-refractivity contribution in [3.8, 4) is 5.75 Å². The molecule has 0 saturated heterocycles. The van der Waals surface area contributed by atoms with E-state index in [1.807, 2.05) is 0 Å². The van der Waals surface area contributed by atoms with Crippen molar-refractivity contribution in [3.63, 3.8) is 0 Å². The van der Waals surface area contributed by atoms with Crippen molar-refractivity contribution in [1.29, 1.82) is 0 Å². The second kappa shape index (κ2) is 4.89. The van der Waals surface area contributed by atoms with Gasteiger partial charge >= 0.3 is 12.4 Å². The Kier molecular flexibility index (Phi) is 4.01. The summed E-state index contributed by atoms with van der Waals surface area (Å²) in [7, 11) is 0. The van der Waals surface area contributed by atoms with E-state index in [2.05, 4.69) is 0 Å². The summed E-state index contributed by atoms with van der Waals surface area (Å²) in [5.41, 5.74) is -2.07. The maximum Gasteiger partial charge on any atom is 0.418 e. The van der Waals surface area contributed by atoms with Crippen molar-refractivity contribution >= 4 is 0 Å². The molecule has 2 atom stereocenters. The van der Waals surface area contributed by atoms with Gasteiger partial charge in [-0.1, -0.05) is 6.07 Å². The molecule has 1 aromatic rings. The van der Waals surface area contributed by atoms with Gasteiger partial charge in [0.2, 0.25) is 0 Å². The Balaban J connectivity index is 3.22. The molecule has 3 N–H and O–H groups in total. The second-order valence-corrected chi connectivity index (χ2v) is 3.71. The Hall–Kier alpha value is -1.48. The number of phenolic OH excluding ortho intramolecular Hbond substituents is 1. The first-order valence-electron chi connectivity index (χ1n) is 4.77. The van der Waals surface area contributed by atoms with Gasteiger partial charge in [0.1, 0.15) is 5.75 Å². The van der Waals surface area contributed by atoms with Crippen LogP contribution in [0.2, 0.25) is 0 Å². The summed E-state index contributed by atoms with van der Waals surface area (Å²) in [6.07, 6.45) is -16.4. The largest absolute Gasteiger partial charge is 0.508 e. The lowest BCUT2D eigenvalue weighted by molar-refractivity contribution is -0.208. The zero-order chi connectivity index (χ0) is 15.0. The number of benzene rings is 1. The fraction of sp³-hybridized carbons (Fsp3) is 0.400. The Morgan fingerprint density at radius 2 is 1.32 bits per heavy atom. The van der Waals surface area contributed by atoms with Gasteiger partial charge in [0.25, 0.3) is 0 Å². The molecule has 0 amide bonds. The van der Waals surface area contributed by atoms with Crippen molar-refractivity contribution < 1.29 is 41.7 Å². The summed E-state index contributed by atoms with van der Waals surface area (Å²) in [6, 6.07) is 1.40. The molecule has 1 rings (SSSR count). The normalized spacial score (nSPS) is 16.2. The third kappa shape index (κ3) is 3.51. The molecule has 9 heteroatoms. The van der Waals surface area contributed by atoms with E-state index in [0.717, 1.165) is 0 Å². The molecule has 0 aromatic heterocycles. The first-order valence-corrected chi connectivity index (χ1v) is 4.77. The van der Waals surface area contributed by atoms with Gasteiger partial charge in [-0.05, 0) is 17.7 Å². The maximum atomic E-state index is 12.2. The third-order valence-corrected chi connectivity index (χ3v) is 2.28. The average Bonchev–Trinajstić information content (AvgIpc) is 2.25. The number of aromatic hydroxyl groups is 1. The fourth-order valence-corrected chi connectivity index (χ4v) is 1.33. The Morgan fingerprint density at radius 1 is 0.842 bits per heavy atom. The predicted octanol–water partition coefficient (Wildman–Crippen LogP) is 2.58. The van der Waals surface area contributed by atoms with E-state index in [4.69, 9.17) is 15.3 Å². The zero-order valence-electron chi connectivity index (χ0n) is 9.00. The van der Waals surface area contributed by atoms with Crippen LogP contribution in [0.5, 0.6) is 5.75 Å². The van der Waals surface area contributed by atoms with Gasteiger partial charge < -0.3 is 15.3 Å². The number of phenols is 1. The molecule has 0 spiro atoms. The molecule has 108 valence electrons. The monoisotopic (exact) mass is 290 g/mol. The number of alkyl halides is 6. The van der Waals surface area contributed by atoms with E-state index in [1.165, 1.54) is 0 Å². The predicted molar refractivity (Wildman–Crippen MR) is 50.1 cm³/mol. The van der Waals surface area contributed by atoms with Gasteiger partial charge in [0, 0.05) is 5.56 Å². The van der Waals surface area contributed by atoms with Gasteiger partial charge in [-0.2, -0.15) is 26.3 Å². The highest BCUT2D eigenvalue weighted by molar-refractivity contribution is 5.39. The van der Waals surface area contributed by atoms with Crippen molar-refractivity contribution in [2.45, 2.75) is 24.6 Å². The van der Waals surface area contributed by atoms with Crippen LogP contribution in [0.25, 0.3) is 0 Å². The summed E-state index contributed by atoms with van der Waals surface area (Å²) in [4.78, 5) is 0. The van der Waals surface area contributed by atoms with Gasteiger partial charge in [-0.15, -0.1) is 0 Å². The molecule has 1 aromatic carbocycles. The molecule has 0 aliphatic heterocycles. The van der Waals surface area contributed by atoms with E-state index in [0.29, 0.717) is 12.1 Å². The van der Waals surface area contributed by atoms with Crippen molar-refractivity contribution in [3.05, 3.63) is 29.3 Å². The molecule has 0 radical (unpaired) electrons. The fourth-order valence-electron chi connectivity index (χ4n) is 1.33. The minimum Gasteiger partial charge on any atom is -0.508 e. The number of halogens is 6. The first-order chi connectivity index (χ1) is 8.44. The van der Waals surface area contributed by atoms with Crippen molar-refractivity contribution in [2.75, 3.05) is 0 Å². The molecular weight excluding hydrogens is 282 g/mol. The number of aliphatic hydroxyl groups excluding tert-OH is 2. The van der Waals surface area contributed by atoms with Crippen molar-refractivity contribution in [1.82, 2.24) is 0 Å². The molecule has 0 aliphatic carbocycles. The Labute approximate surface area is 102 Å². The van der Waals surface area contributed by atoms with E-state index in [-0.39, 0.29) is 6.07 Å². The molecule has 0 saturated carbocycles. The van der Waals surface area contributed by atoms with E-state index < -0.39 is 41.4 Å². The highest BCUT2D eigenvalue weighted by Gasteiger charge is 2.43.